The van der Waals surface area contributed by atoms with Crippen molar-refractivity contribution in [1.29, 1.82) is 10.5 Å². The van der Waals surface area contributed by atoms with Crippen LogP contribution in [0.5, 0.6) is 0 Å². The van der Waals surface area contributed by atoms with Gasteiger partial charge in [-0.1, -0.05) is 41.9 Å². The number of anilines is 2. The summed E-state index contributed by atoms with van der Waals surface area (Å²) in [6.45, 7) is 7.56. The summed E-state index contributed by atoms with van der Waals surface area (Å²) >= 11 is 8.90. The van der Waals surface area contributed by atoms with Crippen molar-refractivity contribution in [1.82, 2.24) is 30.8 Å². The molecule has 0 bridgehead atoms. The number of piperidine rings is 1. The Bertz CT molecular complexity index is 2200. The number of hydrazine groups is 2. The predicted molar refractivity (Wildman–Crippen MR) is 212 cm³/mol. The number of nitrogens with zero attached hydrogens (tertiary/aromatic N) is 6. The second kappa shape index (κ2) is 14.6. The molecule has 1 saturated carbocycles. The maximum absolute atomic E-state index is 10.3. The molecule has 0 radical (unpaired) electrons. The molecule has 4 N–H and O–H groups in total. The molecule has 10 rings (SSSR count). The van der Waals surface area contributed by atoms with Crippen LogP contribution in [0, 0.1) is 34.5 Å². The molecule has 282 valence electrons. The Morgan fingerprint density at radius 3 is 2.53 bits per heavy atom. The number of likely N-dealkylation sites (tertiary alicyclic amines) is 1. The van der Waals surface area contributed by atoms with E-state index in [1.165, 1.54) is 16.0 Å². The summed E-state index contributed by atoms with van der Waals surface area (Å²) in [5, 5.41) is 33.2. The molecule has 0 amide bonds. The molecule has 4 aromatic rings. The van der Waals surface area contributed by atoms with Crippen molar-refractivity contribution in [2.45, 2.75) is 56.0 Å². The number of ether oxygens (including phenoxy) is 2. The Kier molecular flexibility index (Phi) is 9.27. The molecule has 5 atom stereocenters. The first-order valence-corrected chi connectivity index (χ1v) is 20.5. The zero-order valence-electron chi connectivity index (χ0n) is 30.4. The number of thiophene rings is 1. The zero-order chi connectivity index (χ0) is 37.0. The third-order valence-corrected chi connectivity index (χ3v) is 13.8. The van der Waals surface area contributed by atoms with Gasteiger partial charge < -0.3 is 25.5 Å². The van der Waals surface area contributed by atoms with Gasteiger partial charge in [-0.2, -0.15) is 10.5 Å². The molecule has 6 aliphatic rings. The lowest BCUT2D eigenvalue weighted by Gasteiger charge is -2.39. The summed E-state index contributed by atoms with van der Waals surface area (Å²) in [4.78, 5) is 11.2. The number of fused-ring (bicyclic) bond motifs is 3. The van der Waals surface area contributed by atoms with E-state index in [0.717, 1.165) is 81.4 Å². The van der Waals surface area contributed by atoms with E-state index in [1.54, 1.807) is 6.20 Å². The largest absolute Gasteiger partial charge is 0.378 e. The van der Waals surface area contributed by atoms with Gasteiger partial charge in [-0.05, 0) is 58.9 Å². The Labute approximate surface area is 329 Å². The number of pyridine rings is 1. The number of aromatic nitrogens is 1. The van der Waals surface area contributed by atoms with Crippen molar-refractivity contribution in [2.24, 2.45) is 11.8 Å². The molecule has 7 heterocycles. The van der Waals surface area contributed by atoms with Gasteiger partial charge in [0.15, 0.2) is 0 Å². The van der Waals surface area contributed by atoms with E-state index in [2.05, 4.69) is 71.2 Å². The minimum Gasteiger partial charge on any atom is -0.378 e. The van der Waals surface area contributed by atoms with Gasteiger partial charge in [0.25, 0.3) is 0 Å². The van der Waals surface area contributed by atoms with Crippen LogP contribution in [0.25, 0.3) is 10.9 Å². The average Bonchev–Trinajstić information content (AvgIpc) is 3.58. The van der Waals surface area contributed by atoms with Gasteiger partial charge >= 0.3 is 0 Å². The Hall–Kier alpha value is -4.44. The third-order valence-electron chi connectivity index (χ3n) is 12.4. The van der Waals surface area contributed by atoms with E-state index in [9.17, 15) is 10.5 Å². The molecular formula is C41H43ClN10O2S. The molecule has 1 aliphatic carbocycles. The summed E-state index contributed by atoms with van der Waals surface area (Å²) in [5.74, 6) is 1.29. The van der Waals surface area contributed by atoms with Crippen LogP contribution in [0.1, 0.15) is 52.1 Å². The lowest BCUT2D eigenvalue weighted by molar-refractivity contribution is -0.0691. The van der Waals surface area contributed by atoms with E-state index in [-0.39, 0.29) is 12.1 Å². The topological polar surface area (TPSA) is 137 Å². The first kappa shape index (κ1) is 35.0. The van der Waals surface area contributed by atoms with E-state index in [0.29, 0.717) is 64.6 Å². The second-order valence-electron chi connectivity index (χ2n) is 15.6. The fraction of sp³-hybridized carbons (Fsp3) is 0.439. The molecule has 4 fully saturated rings. The van der Waals surface area contributed by atoms with Crippen molar-refractivity contribution in [3.05, 3.63) is 98.1 Å². The predicted octanol–water partition coefficient (Wildman–Crippen LogP) is 5.68. The molecule has 2 aromatic carbocycles. The number of hydrogen-bond donors (Lipinski definition) is 4. The molecule has 0 spiro atoms. The van der Waals surface area contributed by atoms with Crippen LogP contribution in [0.3, 0.4) is 0 Å². The lowest BCUT2D eigenvalue weighted by atomic mass is 9.95. The van der Waals surface area contributed by atoms with Crippen LogP contribution in [0.4, 0.5) is 11.4 Å². The highest BCUT2D eigenvalue weighted by Crippen LogP contribution is 2.50. The van der Waals surface area contributed by atoms with Crippen molar-refractivity contribution >= 4 is 45.2 Å². The van der Waals surface area contributed by atoms with Gasteiger partial charge in [0, 0.05) is 60.9 Å². The number of rotatable bonds is 12. The van der Waals surface area contributed by atoms with Gasteiger partial charge in [-0.25, -0.2) is 0 Å². The third kappa shape index (κ3) is 6.48. The zero-order valence-corrected chi connectivity index (χ0v) is 32.0. The van der Waals surface area contributed by atoms with Crippen LogP contribution < -0.4 is 21.6 Å². The van der Waals surface area contributed by atoms with E-state index in [1.807, 2.05) is 47.7 Å². The summed E-state index contributed by atoms with van der Waals surface area (Å²) in [6.07, 6.45) is 5.76. The van der Waals surface area contributed by atoms with Crippen molar-refractivity contribution in [3.63, 3.8) is 0 Å². The number of nitriles is 2. The molecule has 2 aromatic heterocycles. The first-order valence-electron chi connectivity index (χ1n) is 19.3. The molecular weight excluding hydrogens is 732 g/mol. The normalized spacial score (nSPS) is 24.7. The molecule has 5 aliphatic heterocycles. The molecule has 12 nitrogen and oxygen atoms in total. The average molecular weight is 775 g/mol. The van der Waals surface area contributed by atoms with Crippen LogP contribution in [-0.4, -0.2) is 84.0 Å². The van der Waals surface area contributed by atoms with Crippen LogP contribution in [-0.2, 0) is 22.4 Å². The Morgan fingerprint density at radius 2 is 1.80 bits per heavy atom. The summed E-state index contributed by atoms with van der Waals surface area (Å²) in [6, 6.07) is 19.8. The van der Waals surface area contributed by atoms with Gasteiger partial charge in [0.2, 0.25) is 0 Å². The fourth-order valence-corrected chi connectivity index (χ4v) is 10.6. The number of nitrogens with one attached hydrogen (secondary N) is 4. The van der Waals surface area contributed by atoms with Gasteiger partial charge in [0.1, 0.15) is 6.07 Å². The maximum atomic E-state index is 10.3. The summed E-state index contributed by atoms with van der Waals surface area (Å²) < 4.78 is 11.0. The molecule has 1 unspecified atom stereocenters. The second-order valence-corrected chi connectivity index (χ2v) is 17.0. The Morgan fingerprint density at radius 1 is 1.02 bits per heavy atom. The maximum Gasteiger partial charge on any atom is 0.103 e. The quantitative estimate of drug-likeness (QED) is 0.141. The number of halogens is 1. The first-order chi connectivity index (χ1) is 27.1. The number of benzene rings is 2. The van der Waals surface area contributed by atoms with E-state index in [4.69, 9.17) is 21.1 Å². The molecule has 3 saturated heterocycles. The lowest BCUT2D eigenvalue weighted by Crippen LogP contribution is -2.50. The van der Waals surface area contributed by atoms with Gasteiger partial charge in [-0.15, -0.1) is 16.9 Å². The SMILES string of the molecule is N#CCCC(Nc1c(C#N)cnc2c(Cl)cc(N[C@H](C3=CN([C@H]4[C@@H]5CN(C6COC6)C[C@@H]54)NN3)c3csc4c3CCN(C3COC3)C4)cc12)c1ccccc1. The summed E-state index contributed by atoms with van der Waals surface area (Å²) in [7, 11) is 0. The van der Waals surface area contributed by atoms with Crippen LogP contribution in [0.2, 0.25) is 5.02 Å². The van der Waals surface area contributed by atoms with Gasteiger partial charge in [-0.3, -0.25) is 19.8 Å². The molecule has 55 heavy (non-hydrogen) atoms. The van der Waals surface area contributed by atoms with Crippen molar-refractivity contribution in [3.8, 4) is 12.1 Å². The Balaban J connectivity index is 0.986. The highest BCUT2D eigenvalue weighted by molar-refractivity contribution is 7.10. The highest BCUT2D eigenvalue weighted by Gasteiger charge is 2.60. The van der Waals surface area contributed by atoms with Crippen LogP contribution in [0.15, 0.2) is 65.9 Å². The van der Waals surface area contributed by atoms with Crippen LogP contribution >= 0.6 is 22.9 Å². The highest BCUT2D eigenvalue weighted by atomic mass is 35.5. The smallest absolute Gasteiger partial charge is 0.103 e. The van der Waals surface area contributed by atoms with Crippen molar-refractivity contribution < 1.29 is 9.47 Å². The van der Waals surface area contributed by atoms with E-state index < -0.39 is 0 Å². The molecule has 14 heteroatoms. The standard InChI is InChI=1S/C41H43ClN10O2S/c42-34-12-26(11-30-38(25(13-44)14-45-39(30)34)47-35(7-4-9-43)24-5-2-1-3-6-24)46-40(33-23-55-37-18-50(10-8-29(33)37)27-19-53-20-27)36-17-52(49-48-36)41-31-15-51(16-32(31)41)28-21-54-22-28/h1-3,5-6,11-12,14,17,23,27-28,31-32,35,40-41,46,48-49H,4,7-8,10,15-16,18-22H2,(H,45,47)/t31-,32+,35?,40-,41+/m0/s1. The van der Waals surface area contributed by atoms with Crippen molar-refractivity contribution in [2.75, 3.05) is 56.7 Å². The number of hydrogen-bond acceptors (Lipinski definition) is 13. The monoisotopic (exact) mass is 774 g/mol. The minimum atomic E-state index is -0.192. The summed E-state index contributed by atoms with van der Waals surface area (Å²) in [5.41, 5.74) is 14.4. The van der Waals surface area contributed by atoms with Gasteiger partial charge in [0.05, 0.1) is 90.2 Å². The fourth-order valence-electron chi connectivity index (χ4n) is 9.15. The minimum absolute atomic E-state index is 0.189. The van der Waals surface area contributed by atoms with E-state index >= 15 is 0 Å².